The summed E-state index contributed by atoms with van der Waals surface area (Å²) in [4.78, 5) is 13.0. The molecule has 0 unspecified atom stereocenters. The Labute approximate surface area is 157 Å². The molecule has 140 valence electrons. The Morgan fingerprint density at radius 3 is 2.72 bits per heavy atom. The topological polar surface area (TPSA) is 50.4 Å². The van der Waals surface area contributed by atoms with Gasteiger partial charge >= 0.3 is 0 Å². The second kappa shape index (κ2) is 7.96. The zero-order valence-corrected chi connectivity index (χ0v) is 16.4. The van der Waals surface area contributed by atoms with Gasteiger partial charge in [0.2, 0.25) is 5.91 Å². The van der Waals surface area contributed by atoms with Gasteiger partial charge in [0.05, 0.1) is 12.5 Å². The first kappa shape index (κ1) is 20.1. The maximum absolute atomic E-state index is 13.0. The minimum absolute atomic E-state index is 0. The van der Waals surface area contributed by atoms with Crippen LogP contribution in [0, 0.1) is 11.3 Å². The minimum Gasteiger partial charge on any atom is -0.497 e. The van der Waals surface area contributed by atoms with Gasteiger partial charge in [-0.05, 0) is 43.0 Å². The van der Waals surface area contributed by atoms with Crippen LogP contribution in [0.3, 0.4) is 0 Å². The molecule has 2 aliphatic rings. The highest BCUT2D eigenvalue weighted by atomic mass is 35.5. The number of hydrogen-bond acceptors (Lipinski definition) is 3. The molecule has 1 aromatic rings. The molecule has 2 N–H and O–H groups in total. The van der Waals surface area contributed by atoms with Crippen LogP contribution in [-0.4, -0.2) is 32.7 Å². The van der Waals surface area contributed by atoms with Crippen molar-refractivity contribution in [2.24, 2.45) is 11.3 Å². The van der Waals surface area contributed by atoms with Crippen molar-refractivity contribution in [3.8, 4) is 5.75 Å². The van der Waals surface area contributed by atoms with E-state index in [4.69, 9.17) is 4.74 Å². The molecule has 0 radical (unpaired) electrons. The van der Waals surface area contributed by atoms with E-state index in [-0.39, 0.29) is 29.1 Å². The third-order valence-electron chi connectivity index (χ3n) is 6.05. The summed E-state index contributed by atoms with van der Waals surface area (Å²) in [5.41, 5.74) is 0.939. The van der Waals surface area contributed by atoms with Crippen molar-refractivity contribution in [3.05, 3.63) is 29.8 Å². The molecule has 0 spiro atoms. The molecule has 1 aliphatic carbocycles. The minimum atomic E-state index is -0.172. The number of carbonyl (C=O) groups excluding carboxylic acids is 1. The lowest BCUT2D eigenvalue weighted by atomic mass is 9.67. The van der Waals surface area contributed by atoms with E-state index in [1.54, 1.807) is 7.11 Å². The molecule has 1 saturated heterocycles. The number of hydrogen-bond donors (Lipinski definition) is 2. The molecule has 4 nitrogen and oxygen atoms in total. The molecule has 1 aliphatic heterocycles. The smallest absolute Gasteiger partial charge is 0.227 e. The number of carbonyl (C=O) groups is 1. The molecule has 1 saturated carbocycles. The zero-order chi connectivity index (χ0) is 17.2. The zero-order valence-electron chi connectivity index (χ0n) is 15.6. The van der Waals surface area contributed by atoms with Gasteiger partial charge in [-0.3, -0.25) is 4.79 Å². The fraction of sp³-hybridized carbons (Fsp3) is 0.650. The van der Waals surface area contributed by atoms with Crippen molar-refractivity contribution in [1.29, 1.82) is 0 Å². The van der Waals surface area contributed by atoms with E-state index in [9.17, 15) is 4.79 Å². The number of benzene rings is 1. The summed E-state index contributed by atoms with van der Waals surface area (Å²) in [7, 11) is 1.68. The fourth-order valence-electron chi connectivity index (χ4n) is 4.31. The van der Waals surface area contributed by atoms with E-state index in [0.717, 1.165) is 25.3 Å². The maximum atomic E-state index is 13.0. The predicted octanol–water partition coefficient (Wildman–Crippen LogP) is 3.29. The van der Waals surface area contributed by atoms with Crippen molar-refractivity contribution in [3.63, 3.8) is 0 Å². The van der Waals surface area contributed by atoms with Crippen LogP contribution in [-0.2, 0) is 10.2 Å². The van der Waals surface area contributed by atoms with E-state index in [0.29, 0.717) is 12.5 Å². The molecule has 2 atom stereocenters. The van der Waals surface area contributed by atoms with Gasteiger partial charge in [-0.2, -0.15) is 0 Å². The van der Waals surface area contributed by atoms with Crippen LogP contribution >= 0.6 is 12.4 Å². The van der Waals surface area contributed by atoms with Gasteiger partial charge < -0.3 is 15.4 Å². The first-order valence-corrected chi connectivity index (χ1v) is 9.11. The van der Waals surface area contributed by atoms with E-state index in [2.05, 4.69) is 36.6 Å². The summed E-state index contributed by atoms with van der Waals surface area (Å²) in [6, 6.07) is 8.14. The maximum Gasteiger partial charge on any atom is 0.227 e. The normalized spacial score (nSPS) is 25.6. The number of methoxy groups -OCH3 is 1. The average molecular weight is 367 g/mol. The predicted molar refractivity (Wildman–Crippen MR) is 104 cm³/mol. The SMILES string of the molecule is COc1ccc(C(C)(C)CNC(=O)[C@@]23CCCC[C@H]2CNC3)cc1.Cl. The lowest BCUT2D eigenvalue weighted by molar-refractivity contribution is -0.134. The molecule has 0 bridgehead atoms. The molecular formula is C20H31ClN2O2. The standard InChI is InChI=1S/C20H30N2O2.ClH/c1-19(2,15-7-9-17(24-3)10-8-15)13-22-18(23)20-11-5-4-6-16(20)12-21-14-20;/h7-10,16,21H,4-6,11-14H2,1-3H3,(H,22,23);1H/t16-,20+;/m0./s1. The average Bonchev–Trinajstić information content (AvgIpc) is 3.05. The monoisotopic (exact) mass is 366 g/mol. The van der Waals surface area contributed by atoms with Crippen LogP contribution in [0.5, 0.6) is 5.75 Å². The van der Waals surface area contributed by atoms with Crippen LogP contribution in [0.1, 0.15) is 45.1 Å². The van der Waals surface area contributed by atoms with Gasteiger partial charge in [0, 0.05) is 18.5 Å². The number of rotatable bonds is 5. The van der Waals surface area contributed by atoms with Crippen LogP contribution in [0.2, 0.25) is 0 Å². The molecule has 3 rings (SSSR count). The second-order valence-corrected chi connectivity index (χ2v) is 8.02. The lowest BCUT2D eigenvalue weighted by Gasteiger charge is -2.38. The third kappa shape index (κ3) is 3.95. The number of halogens is 1. The molecule has 0 aromatic heterocycles. The molecule has 5 heteroatoms. The quantitative estimate of drug-likeness (QED) is 0.840. The molecule has 1 aromatic carbocycles. The van der Waals surface area contributed by atoms with Crippen LogP contribution in [0.15, 0.2) is 24.3 Å². The highest BCUT2D eigenvalue weighted by Gasteiger charge is 2.49. The van der Waals surface area contributed by atoms with Gasteiger partial charge in [-0.15, -0.1) is 12.4 Å². The Morgan fingerprint density at radius 2 is 2.04 bits per heavy atom. The molecule has 25 heavy (non-hydrogen) atoms. The van der Waals surface area contributed by atoms with Crippen molar-refractivity contribution >= 4 is 18.3 Å². The van der Waals surface area contributed by atoms with Crippen molar-refractivity contribution in [1.82, 2.24) is 10.6 Å². The summed E-state index contributed by atoms with van der Waals surface area (Å²) < 4.78 is 5.23. The third-order valence-corrected chi connectivity index (χ3v) is 6.05. The van der Waals surface area contributed by atoms with Crippen LogP contribution in [0.4, 0.5) is 0 Å². The molecule has 2 fully saturated rings. The second-order valence-electron chi connectivity index (χ2n) is 8.02. The number of nitrogens with one attached hydrogen (secondary N) is 2. The number of ether oxygens (including phenoxy) is 1. The molecule has 1 heterocycles. The van der Waals surface area contributed by atoms with Gasteiger partial charge in [0.1, 0.15) is 5.75 Å². The van der Waals surface area contributed by atoms with Gasteiger partial charge in [-0.1, -0.05) is 38.8 Å². The Hall–Kier alpha value is -1.26. The Balaban J connectivity index is 0.00000225. The summed E-state index contributed by atoms with van der Waals surface area (Å²) in [6.07, 6.45) is 4.65. The summed E-state index contributed by atoms with van der Waals surface area (Å²) >= 11 is 0. The van der Waals surface area contributed by atoms with E-state index >= 15 is 0 Å². The van der Waals surface area contributed by atoms with Crippen LogP contribution < -0.4 is 15.4 Å². The Morgan fingerprint density at radius 1 is 1.32 bits per heavy atom. The summed E-state index contributed by atoms with van der Waals surface area (Å²) in [5, 5.41) is 6.72. The number of amides is 1. The Kier molecular flexibility index (Phi) is 6.39. The fourth-order valence-corrected chi connectivity index (χ4v) is 4.31. The molecule has 1 amide bonds. The van der Waals surface area contributed by atoms with Gasteiger partial charge in [0.15, 0.2) is 0 Å². The van der Waals surface area contributed by atoms with Crippen molar-refractivity contribution in [2.75, 3.05) is 26.7 Å². The number of fused-ring (bicyclic) bond motifs is 1. The summed E-state index contributed by atoms with van der Waals surface area (Å²) in [5.74, 6) is 1.62. The summed E-state index contributed by atoms with van der Waals surface area (Å²) in [6.45, 7) is 6.85. The molecular weight excluding hydrogens is 336 g/mol. The van der Waals surface area contributed by atoms with E-state index < -0.39 is 0 Å². The first-order valence-electron chi connectivity index (χ1n) is 9.11. The van der Waals surface area contributed by atoms with Crippen molar-refractivity contribution in [2.45, 2.75) is 44.9 Å². The highest BCUT2D eigenvalue weighted by Crippen LogP contribution is 2.44. The Bertz CT molecular complexity index is 588. The van der Waals surface area contributed by atoms with Gasteiger partial charge in [-0.25, -0.2) is 0 Å². The van der Waals surface area contributed by atoms with Crippen molar-refractivity contribution < 1.29 is 9.53 Å². The lowest BCUT2D eigenvalue weighted by Crippen LogP contribution is -2.50. The van der Waals surface area contributed by atoms with Gasteiger partial charge in [0.25, 0.3) is 0 Å². The van der Waals surface area contributed by atoms with E-state index in [1.165, 1.54) is 24.8 Å². The first-order chi connectivity index (χ1) is 11.5. The largest absolute Gasteiger partial charge is 0.497 e. The highest BCUT2D eigenvalue weighted by molar-refractivity contribution is 5.85. The van der Waals surface area contributed by atoms with Crippen LogP contribution in [0.25, 0.3) is 0 Å². The van der Waals surface area contributed by atoms with E-state index in [1.807, 2.05) is 12.1 Å².